The van der Waals surface area contributed by atoms with Gasteiger partial charge in [0.05, 0.1) is 0 Å². The van der Waals surface area contributed by atoms with E-state index in [1.54, 1.807) is 24.3 Å². The van der Waals surface area contributed by atoms with E-state index in [1.165, 1.54) is 6.92 Å². The summed E-state index contributed by atoms with van der Waals surface area (Å²) in [5, 5.41) is 0. The maximum atomic E-state index is 12.2. The lowest BCUT2D eigenvalue weighted by Gasteiger charge is -2.21. The molecule has 5 heteroatoms. The van der Waals surface area contributed by atoms with Crippen molar-refractivity contribution in [1.29, 1.82) is 0 Å². The SMILES string of the molecule is CCCCN(CCCC)CCOC(=O)c1ccccc1OC(C)=O. The first kappa shape index (κ1) is 20.2. The second-order valence-corrected chi connectivity index (χ2v) is 5.77. The van der Waals surface area contributed by atoms with E-state index in [4.69, 9.17) is 9.47 Å². The number of ether oxygens (including phenoxy) is 2. The van der Waals surface area contributed by atoms with E-state index >= 15 is 0 Å². The van der Waals surface area contributed by atoms with Crippen molar-refractivity contribution in [2.24, 2.45) is 0 Å². The Hall–Kier alpha value is -1.88. The molecule has 0 bridgehead atoms. The predicted octanol–water partition coefficient (Wildman–Crippen LogP) is 3.67. The Morgan fingerprint density at radius 3 is 2.21 bits per heavy atom. The summed E-state index contributed by atoms with van der Waals surface area (Å²) in [5.41, 5.74) is 0.279. The zero-order chi connectivity index (χ0) is 17.8. The summed E-state index contributed by atoms with van der Waals surface area (Å²) in [6, 6.07) is 6.63. The molecule has 0 saturated heterocycles. The second-order valence-electron chi connectivity index (χ2n) is 5.77. The van der Waals surface area contributed by atoms with Crippen molar-refractivity contribution in [1.82, 2.24) is 4.90 Å². The summed E-state index contributed by atoms with van der Waals surface area (Å²) in [6.07, 6.45) is 4.59. The molecule has 0 unspecified atom stereocenters. The molecule has 1 aromatic rings. The molecule has 0 aliphatic rings. The minimum absolute atomic E-state index is 0.240. The van der Waals surface area contributed by atoms with Gasteiger partial charge in [0.1, 0.15) is 17.9 Å². The average Bonchev–Trinajstić information content (AvgIpc) is 2.56. The fraction of sp³-hybridized carbons (Fsp3) is 0.579. The molecule has 1 rings (SSSR count). The highest BCUT2D eigenvalue weighted by Crippen LogP contribution is 2.19. The molecule has 0 aliphatic heterocycles. The lowest BCUT2D eigenvalue weighted by Crippen LogP contribution is -2.30. The van der Waals surface area contributed by atoms with Gasteiger partial charge in [-0.05, 0) is 38.1 Å². The van der Waals surface area contributed by atoms with Gasteiger partial charge in [0.25, 0.3) is 0 Å². The fourth-order valence-electron chi connectivity index (χ4n) is 2.32. The van der Waals surface area contributed by atoms with Crippen molar-refractivity contribution >= 4 is 11.9 Å². The van der Waals surface area contributed by atoms with Crippen LogP contribution in [0, 0.1) is 0 Å². The summed E-state index contributed by atoms with van der Waals surface area (Å²) in [7, 11) is 0. The van der Waals surface area contributed by atoms with Gasteiger partial charge in [-0.25, -0.2) is 4.79 Å². The zero-order valence-corrected chi connectivity index (χ0v) is 15.0. The first-order chi connectivity index (χ1) is 11.6. The summed E-state index contributed by atoms with van der Waals surface area (Å²) in [5.74, 6) is -0.679. The molecule has 0 atom stereocenters. The number of unbranched alkanes of at least 4 members (excludes halogenated alkanes) is 2. The summed E-state index contributed by atoms with van der Waals surface area (Å²) in [6.45, 7) is 8.76. The Bertz CT molecular complexity index is 508. The molecule has 0 spiro atoms. The third-order valence-electron chi connectivity index (χ3n) is 3.66. The highest BCUT2D eigenvalue weighted by Gasteiger charge is 2.15. The Morgan fingerprint density at radius 2 is 1.62 bits per heavy atom. The number of rotatable bonds is 11. The molecule has 0 aromatic heterocycles. The van der Waals surface area contributed by atoms with Crippen LogP contribution in [0.2, 0.25) is 0 Å². The first-order valence-electron chi connectivity index (χ1n) is 8.75. The number of esters is 2. The molecule has 0 aliphatic carbocycles. The summed E-state index contributed by atoms with van der Waals surface area (Å²) < 4.78 is 10.4. The van der Waals surface area contributed by atoms with E-state index < -0.39 is 11.9 Å². The molecule has 134 valence electrons. The van der Waals surface area contributed by atoms with Crippen molar-refractivity contribution in [2.45, 2.75) is 46.5 Å². The maximum absolute atomic E-state index is 12.2. The van der Waals surface area contributed by atoms with Crippen LogP contribution in [0.15, 0.2) is 24.3 Å². The number of carbonyl (C=O) groups excluding carboxylic acids is 2. The molecule has 0 heterocycles. The van der Waals surface area contributed by atoms with E-state index in [0.29, 0.717) is 6.61 Å². The normalized spacial score (nSPS) is 10.7. The van der Waals surface area contributed by atoms with E-state index in [0.717, 1.165) is 45.3 Å². The van der Waals surface area contributed by atoms with Gasteiger partial charge in [-0.2, -0.15) is 0 Å². The van der Waals surface area contributed by atoms with Gasteiger partial charge in [0.2, 0.25) is 0 Å². The van der Waals surface area contributed by atoms with Crippen LogP contribution in [0.1, 0.15) is 56.8 Å². The molecule has 5 nitrogen and oxygen atoms in total. The zero-order valence-electron chi connectivity index (χ0n) is 15.0. The topological polar surface area (TPSA) is 55.8 Å². The summed E-state index contributed by atoms with van der Waals surface area (Å²) >= 11 is 0. The van der Waals surface area contributed by atoms with Gasteiger partial charge in [0.15, 0.2) is 0 Å². The molecular formula is C19H29NO4. The number of nitrogens with zero attached hydrogens (tertiary/aromatic N) is 1. The van der Waals surface area contributed by atoms with E-state index in [9.17, 15) is 9.59 Å². The van der Waals surface area contributed by atoms with Crippen LogP contribution in [0.3, 0.4) is 0 Å². The monoisotopic (exact) mass is 335 g/mol. The first-order valence-corrected chi connectivity index (χ1v) is 8.75. The van der Waals surface area contributed by atoms with Gasteiger partial charge < -0.3 is 9.47 Å². The minimum atomic E-state index is -0.460. The Kier molecular flexibility index (Phi) is 9.77. The fourth-order valence-corrected chi connectivity index (χ4v) is 2.32. The van der Waals surface area contributed by atoms with Gasteiger partial charge in [-0.1, -0.05) is 38.8 Å². The van der Waals surface area contributed by atoms with Crippen LogP contribution >= 0.6 is 0 Å². The molecule has 1 aromatic carbocycles. The molecule has 0 fully saturated rings. The van der Waals surface area contributed by atoms with Crippen molar-refractivity contribution in [3.05, 3.63) is 29.8 Å². The molecule has 0 amide bonds. The van der Waals surface area contributed by atoms with Crippen LogP contribution in [0.5, 0.6) is 5.75 Å². The third kappa shape index (κ3) is 7.59. The van der Waals surface area contributed by atoms with Crippen LogP contribution < -0.4 is 4.74 Å². The number of hydrogen-bond acceptors (Lipinski definition) is 5. The average molecular weight is 335 g/mol. The van der Waals surface area contributed by atoms with Crippen LogP contribution in [-0.4, -0.2) is 43.1 Å². The van der Waals surface area contributed by atoms with E-state index in [-0.39, 0.29) is 11.3 Å². The minimum Gasteiger partial charge on any atom is -0.461 e. The maximum Gasteiger partial charge on any atom is 0.341 e. The van der Waals surface area contributed by atoms with E-state index in [1.807, 2.05) is 0 Å². The van der Waals surface area contributed by atoms with Crippen molar-refractivity contribution in [3.8, 4) is 5.75 Å². The number of benzene rings is 1. The van der Waals surface area contributed by atoms with Crippen LogP contribution in [-0.2, 0) is 9.53 Å². The molecular weight excluding hydrogens is 306 g/mol. The van der Waals surface area contributed by atoms with Gasteiger partial charge in [0, 0.05) is 13.5 Å². The molecule has 0 radical (unpaired) electrons. The smallest absolute Gasteiger partial charge is 0.341 e. The van der Waals surface area contributed by atoms with Crippen molar-refractivity contribution < 1.29 is 19.1 Å². The lowest BCUT2D eigenvalue weighted by molar-refractivity contribution is -0.131. The number of carbonyl (C=O) groups is 2. The van der Waals surface area contributed by atoms with Crippen molar-refractivity contribution in [2.75, 3.05) is 26.2 Å². The van der Waals surface area contributed by atoms with Crippen molar-refractivity contribution in [3.63, 3.8) is 0 Å². The Labute approximate surface area is 144 Å². The van der Waals surface area contributed by atoms with E-state index in [2.05, 4.69) is 18.7 Å². The highest BCUT2D eigenvalue weighted by molar-refractivity contribution is 5.93. The largest absolute Gasteiger partial charge is 0.461 e. The highest BCUT2D eigenvalue weighted by atomic mass is 16.5. The van der Waals surface area contributed by atoms with Crippen LogP contribution in [0.4, 0.5) is 0 Å². The Morgan fingerprint density at radius 1 is 1.00 bits per heavy atom. The number of para-hydroxylation sites is 1. The molecule has 0 N–H and O–H groups in total. The third-order valence-corrected chi connectivity index (χ3v) is 3.66. The molecule has 24 heavy (non-hydrogen) atoms. The standard InChI is InChI=1S/C19H29NO4/c1-4-6-12-20(13-7-5-2)14-15-23-19(22)17-10-8-9-11-18(17)24-16(3)21/h8-11H,4-7,12-15H2,1-3H3. The van der Waals surface area contributed by atoms with Gasteiger partial charge in [-0.15, -0.1) is 0 Å². The Balaban J connectivity index is 2.53. The van der Waals surface area contributed by atoms with Gasteiger partial charge >= 0.3 is 11.9 Å². The number of hydrogen-bond donors (Lipinski definition) is 0. The predicted molar refractivity (Wildman–Crippen MR) is 94.3 cm³/mol. The van der Waals surface area contributed by atoms with Gasteiger partial charge in [-0.3, -0.25) is 9.69 Å². The molecule has 0 saturated carbocycles. The second kappa shape index (κ2) is 11.6. The summed E-state index contributed by atoms with van der Waals surface area (Å²) in [4.78, 5) is 25.7. The quantitative estimate of drug-likeness (QED) is 0.456. The van der Waals surface area contributed by atoms with Crippen LogP contribution in [0.25, 0.3) is 0 Å². The lowest BCUT2D eigenvalue weighted by atomic mass is 10.2.